The van der Waals surface area contributed by atoms with Crippen LogP contribution >= 0.6 is 11.3 Å². The standard InChI is InChI=1S/C16H12O4S/c1-10-4-5-12-11(8-15(17)20-13(12)7-10)9-19-16(18)14-3-2-6-21-14/h2-8H,9H2,1H3. The van der Waals surface area contributed by atoms with Crippen molar-refractivity contribution in [2.75, 3.05) is 0 Å². The van der Waals surface area contributed by atoms with Crippen molar-refractivity contribution >= 4 is 28.3 Å². The fourth-order valence-electron chi connectivity index (χ4n) is 2.07. The Morgan fingerprint density at radius 3 is 2.90 bits per heavy atom. The van der Waals surface area contributed by atoms with E-state index in [4.69, 9.17) is 9.15 Å². The minimum atomic E-state index is -0.449. The first-order valence-electron chi connectivity index (χ1n) is 6.37. The van der Waals surface area contributed by atoms with E-state index < -0.39 is 11.6 Å². The van der Waals surface area contributed by atoms with E-state index >= 15 is 0 Å². The maximum absolute atomic E-state index is 11.8. The van der Waals surface area contributed by atoms with E-state index in [2.05, 4.69) is 0 Å². The van der Waals surface area contributed by atoms with Crippen molar-refractivity contribution in [2.45, 2.75) is 13.5 Å². The van der Waals surface area contributed by atoms with Crippen LogP contribution in [0.3, 0.4) is 0 Å². The van der Waals surface area contributed by atoms with Crippen LogP contribution in [0.15, 0.2) is 51.0 Å². The van der Waals surface area contributed by atoms with E-state index in [0.717, 1.165) is 10.9 Å². The van der Waals surface area contributed by atoms with Crippen LogP contribution in [0.25, 0.3) is 11.0 Å². The third kappa shape index (κ3) is 2.87. The molecule has 0 unspecified atom stereocenters. The Labute approximate surface area is 124 Å². The van der Waals surface area contributed by atoms with E-state index in [1.165, 1.54) is 17.4 Å². The fraction of sp³-hybridized carbons (Fsp3) is 0.125. The second-order valence-electron chi connectivity index (χ2n) is 4.64. The van der Waals surface area contributed by atoms with Crippen molar-refractivity contribution < 1.29 is 13.9 Å². The van der Waals surface area contributed by atoms with Gasteiger partial charge in [0.25, 0.3) is 0 Å². The highest BCUT2D eigenvalue weighted by atomic mass is 32.1. The van der Waals surface area contributed by atoms with Gasteiger partial charge in [0.15, 0.2) is 0 Å². The molecular formula is C16H12O4S. The molecule has 0 fully saturated rings. The van der Waals surface area contributed by atoms with Crippen LogP contribution in [-0.2, 0) is 11.3 Å². The molecule has 5 heteroatoms. The molecule has 0 aliphatic rings. The van der Waals surface area contributed by atoms with Gasteiger partial charge in [-0.15, -0.1) is 11.3 Å². The second kappa shape index (κ2) is 5.54. The average Bonchev–Trinajstić information content (AvgIpc) is 2.97. The van der Waals surface area contributed by atoms with E-state index in [9.17, 15) is 9.59 Å². The number of benzene rings is 1. The Kier molecular flexibility index (Phi) is 3.58. The third-order valence-electron chi connectivity index (χ3n) is 3.07. The van der Waals surface area contributed by atoms with Gasteiger partial charge in [-0.05, 0) is 30.0 Å². The summed E-state index contributed by atoms with van der Waals surface area (Å²) in [6, 6.07) is 10.4. The summed E-state index contributed by atoms with van der Waals surface area (Å²) in [6.45, 7) is 1.96. The Morgan fingerprint density at radius 1 is 1.29 bits per heavy atom. The Morgan fingerprint density at radius 2 is 2.14 bits per heavy atom. The predicted molar refractivity (Wildman–Crippen MR) is 80.7 cm³/mol. The van der Waals surface area contributed by atoms with E-state index in [-0.39, 0.29) is 6.61 Å². The molecule has 3 aromatic rings. The highest BCUT2D eigenvalue weighted by Crippen LogP contribution is 2.20. The van der Waals surface area contributed by atoms with Crippen LogP contribution in [0.1, 0.15) is 20.8 Å². The summed E-state index contributed by atoms with van der Waals surface area (Å²) in [5.41, 5.74) is 1.70. The lowest BCUT2D eigenvalue weighted by molar-refractivity contribution is 0.0479. The van der Waals surface area contributed by atoms with Crippen molar-refractivity contribution in [3.63, 3.8) is 0 Å². The predicted octanol–water partition coefficient (Wildman–Crippen LogP) is 3.52. The van der Waals surface area contributed by atoms with Crippen LogP contribution in [0.2, 0.25) is 0 Å². The minimum Gasteiger partial charge on any atom is -0.457 e. The van der Waals surface area contributed by atoms with Gasteiger partial charge < -0.3 is 9.15 Å². The number of hydrogen-bond donors (Lipinski definition) is 0. The smallest absolute Gasteiger partial charge is 0.348 e. The van der Waals surface area contributed by atoms with Crippen molar-refractivity contribution in [1.29, 1.82) is 0 Å². The summed E-state index contributed by atoms with van der Waals surface area (Å²) >= 11 is 1.32. The molecule has 0 radical (unpaired) electrons. The molecule has 4 nitrogen and oxygen atoms in total. The number of rotatable bonds is 3. The summed E-state index contributed by atoms with van der Waals surface area (Å²) in [5.74, 6) is -0.390. The summed E-state index contributed by atoms with van der Waals surface area (Å²) < 4.78 is 10.4. The first kappa shape index (κ1) is 13.6. The molecule has 21 heavy (non-hydrogen) atoms. The lowest BCUT2D eigenvalue weighted by Gasteiger charge is -2.07. The zero-order valence-corrected chi connectivity index (χ0v) is 12.1. The zero-order valence-electron chi connectivity index (χ0n) is 11.3. The maximum atomic E-state index is 11.8. The molecule has 0 saturated carbocycles. The van der Waals surface area contributed by atoms with Crippen LogP contribution < -0.4 is 5.63 Å². The molecule has 2 heterocycles. The highest BCUT2D eigenvalue weighted by molar-refractivity contribution is 7.11. The average molecular weight is 300 g/mol. The number of carbonyl (C=O) groups is 1. The molecule has 3 rings (SSSR count). The number of hydrogen-bond acceptors (Lipinski definition) is 5. The van der Waals surface area contributed by atoms with Gasteiger partial charge in [-0.1, -0.05) is 18.2 Å². The molecule has 0 atom stereocenters. The molecule has 0 bridgehead atoms. The molecule has 106 valence electrons. The van der Waals surface area contributed by atoms with Gasteiger partial charge in [0.2, 0.25) is 0 Å². The summed E-state index contributed by atoms with van der Waals surface area (Å²) in [4.78, 5) is 24.0. The van der Waals surface area contributed by atoms with E-state index in [1.807, 2.05) is 24.4 Å². The molecule has 1 aromatic carbocycles. The summed E-state index contributed by atoms with van der Waals surface area (Å²) in [7, 11) is 0. The highest BCUT2D eigenvalue weighted by Gasteiger charge is 2.11. The van der Waals surface area contributed by atoms with Crippen molar-refractivity contribution in [1.82, 2.24) is 0 Å². The van der Waals surface area contributed by atoms with Crippen molar-refractivity contribution in [3.05, 3.63) is 68.2 Å². The van der Waals surface area contributed by atoms with Crippen molar-refractivity contribution in [2.24, 2.45) is 0 Å². The topological polar surface area (TPSA) is 56.5 Å². The molecule has 0 spiro atoms. The molecule has 2 aromatic heterocycles. The number of esters is 1. The Bertz CT molecular complexity index is 846. The molecule has 0 amide bonds. The number of thiophene rings is 1. The van der Waals surface area contributed by atoms with E-state index in [0.29, 0.717) is 16.0 Å². The normalized spacial score (nSPS) is 10.7. The number of carbonyl (C=O) groups excluding carboxylic acids is 1. The maximum Gasteiger partial charge on any atom is 0.348 e. The van der Waals surface area contributed by atoms with Crippen molar-refractivity contribution in [3.8, 4) is 0 Å². The molecule has 0 aliphatic carbocycles. The minimum absolute atomic E-state index is 0.0435. The van der Waals surface area contributed by atoms with E-state index in [1.54, 1.807) is 18.2 Å². The molecule has 0 saturated heterocycles. The molecular weight excluding hydrogens is 288 g/mol. The lowest BCUT2D eigenvalue weighted by atomic mass is 10.1. The zero-order chi connectivity index (χ0) is 14.8. The Balaban J connectivity index is 1.90. The van der Waals surface area contributed by atoms with Crippen LogP contribution in [0.5, 0.6) is 0 Å². The van der Waals surface area contributed by atoms with Crippen LogP contribution in [0.4, 0.5) is 0 Å². The van der Waals surface area contributed by atoms with Crippen LogP contribution in [0, 0.1) is 6.92 Å². The monoisotopic (exact) mass is 300 g/mol. The first-order valence-corrected chi connectivity index (χ1v) is 7.25. The quantitative estimate of drug-likeness (QED) is 0.548. The van der Waals surface area contributed by atoms with Gasteiger partial charge in [-0.2, -0.15) is 0 Å². The summed E-state index contributed by atoms with van der Waals surface area (Å²) in [6.07, 6.45) is 0. The SMILES string of the molecule is Cc1ccc2c(COC(=O)c3cccs3)cc(=O)oc2c1. The number of aryl methyl sites for hydroxylation is 1. The second-order valence-corrected chi connectivity index (χ2v) is 5.59. The number of ether oxygens (including phenoxy) is 1. The number of fused-ring (bicyclic) bond motifs is 1. The summed E-state index contributed by atoms with van der Waals surface area (Å²) in [5, 5.41) is 2.59. The van der Waals surface area contributed by atoms with Gasteiger partial charge in [-0.3, -0.25) is 0 Å². The van der Waals surface area contributed by atoms with Gasteiger partial charge >= 0.3 is 11.6 Å². The van der Waals surface area contributed by atoms with Crippen LogP contribution in [-0.4, -0.2) is 5.97 Å². The largest absolute Gasteiger partial charge is 0.457 e. The first-order chi connectivity index (χ1) is 10.1. The Hall–Kier alpha value is -2.40. The lowest BCUT2D eigenvalue weighted by Crippen LogP contribution is -2.06. The third-order valence-corrected chi connectivity index (χ3v) is 3.92. The van der Waals surface area contributed by atoms with Gasteiger partial charge in [0.1, 0.15) is 17.1 Å². The van der Waals surface area contributed by atoms with Gasteiger partial charge in [-0.25, -0.2) is 9.59 Å². The molecule has 0 N–H and O–H groups in total. The molecule has 0 aliphatic heterocycles. The van der Waals surface area contributed by atoms with Gasteiger partial charge in [0.05, 0.1) is 0 Å². The van der Waals surface area contributed by atoms with Gasteiger partial charge in [0, 0.05) is 17.0 Å². The fourth-order valence-corrected chi connectivity index (χ4v) is 2.68.